The SMILES string of the molecule is C=CC(=O)N1CC(C)N(c2nc(=O)n(-c3c(C)ccnc3C(C)C)c3nc(-c4cc(F)ccc4F)c(F)cc23)CC1C. The van der Waals surface area contributed by atoms with Gasteiger partial charge in [-0.3, -0.25) is 9.78 Å². The molecule has 1 aliphatic rings. The van der Waals surface area contributed by atoms with E-state index in [0.717, 1.165) is 24.3 Å². The van der Waals surface area contributed by atoms with Crippen molar-refractivity contribution in [2.75, 3.05) is 18.0 Å². The minimum atomic E-state index is -0.909. The first-order valence-corrected chi connectivity index (χ1v) is 13.7. The molecular weight excluding hydrogens is 545 g/mol. The topological polar surface area (TPSA) is 84.2 Å². The van der Waals surface area contributed by atoms with E-state index in [1.807, 2.05) is 39.5 Å². The summed E-state index contributed by atoms with van der Waals surface area (Å²) in [4.78, 5) is 43.3. The highest BCUT2D eigenvalue weighted by molar-refractivity contribution is 5.91. The van der Waals surface area contributed by atoms with Crippen molar-refractivity contribution in [3.8, 4) is 16.9 Å². The molecule has 0 radical (unpaired) electrons. The molecule has 0 N–H and O–H groups in total. The summed E-state index contributed by atoms with van der Waals surface area (Å²) in [6.45, 7) is 13.6. The molecule has 2 atom stereocenters. The van der Waals surface area contributed by atoms with Crippen LogP contribution in [0.5, 0.6) is 0 Å². The summed E-state index contributed by atoms with van der Waals surface area (Å²) in [6, 6.07) is 5.03. The van der Waals surface area contributed by atoms with Gasteiger partial charge in [0, 0.05) is 36.9 Å². The maximum Gasteiger partial charge on any atom is 0.355 e. The average molecular weight is 577 g/mol. The normalized spacial score (nSPS) is 17.3. The van der Waals surface area contributed by atoms with E-state index in [1.54, 1.807) is 17.2 Å². The number of hydrogen-bond donors (Lipinski definition) is 0. The van der Waals surface area contributed by atoms with Crippen LogP contribution in [0, 0.1) is 24.4 Å². The predicted molar refractivity (Wildman–Crippen MR) is 155 cm³/mol. The van der Waals surface area contributed by atoms with Crippen molar-refractivity contribution in [2.24, 2.45) is 0 Å². The van der Waals surface area contributed by atoms with E-state index in [1.165, 1.54) is 10.6 Å². The molecule has 42 heavy (non-hydrogen) atoms. The van der Waals surface area contributed by atoms with E-state index < -0.39 is 28.8 Å². The van der Waals surface area contributed by atoms with Gasteiger partial charge in [-0.1, -0.05) is 20.4 Å². The quantitative estimate of drug-likeness (QED) is 0.300. The maximum absolute atomic E-state index is 15.8. The molecule has 8 nitrogen and oxygen atoms in total. The van der Waals surface area contributed by atoms with Gasteiger partial charge in [-0.2, -0.15) is 4.98 Å². The van der Waals surface area contributed by atoms with Gasteiger partial charge in [0.2, 0.25) is 5.91 Å². The lowest BCUT2D eigenvalue weighted by Crippen LogP contribution is -2.58. The molecular formula is C31H31F3N6O2. The molecule has 4 heterocycles. The summed E-state index contributed by atoms with van der Waals surface area (Å²) < 4.78 is 46.1. The Bertz CT molecular complexity index is 1790. The highest BCUT2D eigenvalue weighted by atomic mass is 19.1. The number of carbonyl (C=O) groups is 1. The van der Waals surface area contributed by atoms with Crippen molar-refractivity contribution in [3.63, 3.8) is 0 Å². The lowest BCUT2D eigenvalue weighted by atomic mass is 10.0. The third-order valence-corrected chi connectivity index (χ3v) is 7.63. The minimum absolute atomic E-state index is 0.0208. The first-order valence-electron chi connectivity index (χ1n) is 13.7. The molecule has 0 spiro atoms. The van der Waals surface area contributed by atoms with Crippen molar-refractivity contribution in [2.45, 2.75) is 52.6 Å². The third-order valence-electron chi connectivity index (χ3n) is 7.63. The first-order chi connectivity index (χ1) is 19.9. The Kier molecular flexibility index (Phi) is 7.61. The van der Waals surface area contributed by atoms with Crippen molar-refractivity contribution in [1.29, 1.82) is 0 Å². The van der Waals surface area contributed by atoms with Crippen LogP contribution in [0.25, 0.3) is 28.0 Å². The van der Waals surface area contributed by atoms with E-state index in [2.05, 4.69) is 21.5 Å². The van der Waals surface area contributed by atoms with Crippen LogP contribution in [0.4, 0.5) is 19.0 Å². The van der Waals surface area contributed by atoms with E-state index in [9.17, 15) is 18.4 Å². The van der Waals surface area contributed by atoms with Crippen LogP contribution >= 0.6 is 0 Å². The molecule has 0 bridgehead atoms. The van der Waals surface area contributed by atoms with E-state index in [0.29, 0.717) is 30.0 Å². The van der Waals surface area contributed by atoms with Gasteiger partial charge >= 0.3 is 5.69 Å². The number of piperazine rings is 1. The van der Waals surface area contributed by atoms with Gasteiger partial charge in [-0.15, -0.1) is 0 Å². The van der Waals surface area contributed by atoms with Crippen LogP contribution < -0.4 is 10.6 Å². The number of hydrogen-bond acceptors (Lipinski definition) is 6. The molecule has 2 unspecified atom stereocenters. The number of anilines is 1. The predicted octanol–water partition coefficient (Wildman–Crippen LogP) is 5.30. The molecule has 1 aliphatic heterocycles. The van der Waals surface area contributed by atoms with E-state index in [4.69, 9.17) is 0 Å². The van der Waals surface area contributed by atoms with Gasteiger partial charge in [-0.25, -0.2) is 27.5 Å². The number of nitrogens with zero attached hydrogens (tertiary/aromatic N) is 6. The van der Waals surface area contributed by atoms with Crippen LogP contribution in [0.3, 0.4) is 0 Å². The summed E-state index contributed by atoms with van der Waals surface area (Å²) >= 11 is 0. The van der Waals surface area contributed by atoms with E-state index in [-0.39, 0.29) is 46.3 Å². The summed E-state index contributed by atoms with van der Waals surface area (Å²) in [7, 11) is 0. The number of halogens is 3. The zero-order valence-corrected chi connectivity index (χ0v) is 24.0. The van der Waals surface area contributed by atoms with Gasteiger partial charge < -0.3 is 9.80 Å². The molecule has 1 aromatic carbocycles. The monoisotopic (exact) mass is 576 g/mol. The molecule has 4 aromatic rings. The molecule has 11 heteroatoms. The summed E-state index contributed by atoms with van der Waals surface area (Å²) in [5.41, 5.74) is 0.245. The van der Waals surface area contributed by atoms with Crippen LogP contribution in [0.2, 0.25) is 0 Å². The van der Waals surface area contributed by atoms with Crippen LogP contribution in [-0.2, 0) is 4.79 Å². The van der Waals surface area contributed by atoms with Gasteiger partial charge in [0.05, 0.1) is 16.8 Å². The zero-order chi connectivity index (χ0) is 30.5. The molecule has 1 saturated heterocycles. The second kappa shape index (κ2) is 11.0. The summed E-state index contributed by atoms with van der Waals surface area (Å²) in [5.74, 6) is -2.67. The zero-order valence-electron chi connectivity index (χ0n) is 24.0. The molecule has 1 fully saturated rings. The largest absolute Gasteiger partial charge is 0.355 e. The smallest absolute Gasteiger partial charge is 0.349 e. The Balaban J connectivity index is 1.84. The summed E-state index contributed by atoms with van der Waals surface area (Å²) in [6.07, 6.45) is 2.89. The fraction of sp³-hybridized carbons (Fsp3) is 0.323. The lowest BCUT2D eigenvalue weighted by Gasteiger charge is -2.44. The fourth-order valence-corrected chi connectivity index (χ4v) is 5.52. The molecule has 0 aliphatic carbocycles. The van der Waals surface area contributed by atoms with Crippen molar-refractivity contribution < 1.29 is 18.0 Å². The van der Waals surface area contributed by atoms with Crippen molar-refractivity contribution >= 4 is 22.8 Å². The lowest BCUT2D eigenvalue weighted by molar-refractivity contribution is -0.128. The van der Waals surface area contributed by atoms with Crippen molar-refractivity contribution in [1.82, 2.24) is 24.4 Å². The van der Waals surface area contributed by atoms with Gasteiger partial charge in [0.25, 0.3) is 0 Å². The standard InChI is InChI=1S/C31H31F3N6O2/c1-7-25(41)38-14-19(6)39(15-18(38)5)29-22-13-24(34)27(21-12-20(32)8-9-23(21)33)36-30(22)40(31(42)37-29)28-17(4)10-11-35-26(28)16(2)3/h7-13,16,18-19H,1,14-15H2,2-6H3. The number of fused-ring (bicyclic) bond motifs is 1. The van der Waals surface area contributed by atoms with E-state index >= 15 is 4.39 Å². The minimum Gasteiger partial charge on any atom is -0.349 e. The number of rotatable bonds is 5. The number of aromatic nitrogens is 4. The van der Waals surface area contributed by atoms with Gasteiger partial charge in [0.15, 0.2) is 5.65 Å². The van der Waals surface area contributed by atoms with Crippen LogP contribution in [0.1, 0.15) is 44.9 Å². The molecule has 3 aromatic heterocycles. The van der Waals surface area contributed by atoms with Gasteiger partial charge in [-0.05, 0) is 68.7 Å². The Morgan fingerprint density at radius 3 is 2.48 bits per heavy atom. The molecule has 218 valence electrons. The average Bonchev–Trinajstić information content (AvgIpc) is 2.95. The summed E-state index contributed by atoms with van der Waals surface area (Å²) in [5, 5.41) is 0.202. The Morgan fingerprint density at radius 2 is 1.79 bits per heavy atom. The molecule has 0 saturated carbocycles. The number of amides is 1. The maximum atomic E-state index is 15.8. The van der Waals surface area contributed by atoms with Crippen LogP contribution in [0.15, 0.2) is 54.0 Å². The molecule has 5 rings (SSSR count). The number of aryl methyl sites for hydroxylation is 1. The Labute approximate surface area is 241 Å². The molecule has 1 amide bonds. The first kappa shape index (κ1) is 29.0. The highest BCUT2D eigenvalue weighted by Gasteiger charge is 2.34. The number of benzene rings is 1. The second-order valence-electron chi connectivity index (χ2n) is 10.9. The van der Waals surface area contributed by atoms with Crippen LogP contribution in [-0.4, -0.2) is 55.5 Å². The number of carbonyl (C=O) groups excluding carboxylic acids is 1. The third kappa shape index (κ3) is 4.93. The Morgan fingerprint density at radius 1 is 1.05 bits per heavy atom. The fourth-order valence-electron chi connectivity index (χ4n) is 5.52. The van der Waals surface area contributed by atoms with Crippen molar-refractivity contribution in [3.05, 3.63) is 88.4 Å². The Hall–Kier alpha value is -4.54. The second-order valence-corrected chi connectivity index (χ2v) is 10.9. The number of pyridine rings is 2. The van der Waals surface area contributed by atoms with Gasteiger partial charge in [0.1, 0.15) is 29.0 Å². The highest BCUT2D eigenvalue weighted by Crippen LogP contribution is 2.34.